The summed E-state index contributed by atoms with van der Waals surface area (Å²) in [6.07, 6.45) is 5.25. The fourth-order valence-corrected chi connectivity index (χ4v) is 9.22. The van der Waals surface area contributed by atoms with Crippen molar-refractivity contribution in [1.29, 1.82) is 0 Å². The minimum atomic E-state index is -1.50. The lowest BCUT2D eigenvalue weighted by Crippen LogP contribution is -2.58. The molecule has 0 bridgehead atoms. The summed E-state index contributed by atoms with van der Waals surface area (Å²) in [6, 6.07) is 7.60. The van der Waals surface area contributed by atoms with Crippen LogP contribution in [0.4, 0.5) is 0 Å². The number of hydrogen-bond acceptors (Lipinski definition) is 10. The van der Waals surface area contributed by atoms with Gasteiger partial charge in [0.1, 0.15) is 28.5 Å². The first-order valence-electron chi connectivity index (χ1n) is 16.6. The molecule has 2 saturated carbocycles. The molecule has 3 aromatic heterocycles. The van der Waals surface area contributed by atoms with Crippen molar-refractivity contribution in [3.05, 3.63) is 68.7 Å². The number of nitrogens with zero attached hydrogens (tertiary/aromatic N) is 4. The van der Waals surface area contributed by atoms with Crippen LogP contribution in [0.3, 0.4) is 0 Å². The Morgan fingerprint density at radius 2 is 1.83 bits per heavy atom. The zero-order chi connectivity index (χ0) is 33.7. The Hall–Kier alpha value is -3.78. The second-order valence-corrected chi connectivity index (χ2v) is 14.7. The van der Waals surface area contributed by atoms with Crippen LogP contribution in [0.25, 0.3) is 21.0 Å². The summed E-state index contributed by atoms with van der Waals surface area (Å²) in [5, 5.41) is 10.6. The molecule has 1 N–H and O–H groups in total. The Labute approximate surface area is 281 Å². The van der Waals surface area contributed by atoms with Gasteiger partial charge in [0, 0.05) is 18.7 Å². The average molecular weight is 679 g/mol. The van der Waals surface area contributed by atoms with E-state index in [1.807, 2.05) is 31.2 Å². The largest absolute Gasteiger partial charge is 0.496 e. The van der Waals surface area contributed by atoms with Crippen LogP contribution in [0.2, 0.25) is 0 Å². The predicted octanol–water partition coefficient (Wildman–Crippen LogP) is 4.10. The summed E-state index contributed by atoms with van der Waals surface area (Å²) in [5.41, 5.74) is -1.24. The van der Waals surface area contributed by atoms with Gasteiger partial charge >= 0.3 is 5.69 Å². The summed E-state index contributed by atoms with van der Waals surface area (Å²) in [4.78, 5) is 50.3. The lowest BCUT2D eigenvalue weighted by Gasteiger charge is -2.35. The lowest BCUT2D eigenvalue weighted by molar-refractivity contribution is -0.143. The number of fused-ring (bicyclic) bond motifs is 2. The molecule has 1 amide bonds. The van der Waals surface area contributed by atoms with Crippen molar-refractivity contribution in [1.82, 2.24) is 19.0 Å². The molecule has 1 aromatic carbocycles. The Morgan fingerprint density at radius 3 is 2.50 bits per heavy atom. The van der Waals surface area contributed by atoms with E-state index in [9.17, 15) is 19.5 Å². The smallest absolute Gasteiger partial charge is 0.333 e. The van der Waals surface area contributed by atoms with Gasteiger partial charge < -0.3 is 28.6 Å². The SMILES string of the molecule is COc1ccccc1C(Cn1c(=O)n(C(C)(C)C(=O)N2CCOCC2)c(=O)c2c(C)c(-c3ncco3)sc21)OC1C[C@H]2CC(O)C[C@H]2C1. The summed E-state index contributed by atoms with van der Waals surface area (Å²) < 4.78 is 26.4. The van der Waals surface area contributed by atoms with Crippen molar-refractivity contribution in [3.8, 4) is 16.5 Å². The molecule has 0 spiro atoms. The molecule has 13 heteroatoms. The maximum atomic E-state index is 14.8. The van der Waals surface area contributed by atoms with Gasteiger partial charge in [-0.25, -0.2) is 14.3 Å². The molecule has 7 rings (SSSR count). The number of ether oxygens (including phenoxy) is 3. The minimum Gasteiger partial charge on any atom is -0.496 e. The Balaban J connectivity index is 1.38. The maximum absolute atomic E-state index is 14.8. The third-order valence-corrected chi connectivity index (χ3v) is 11.7. The number of oxazole rings is 1. The van der Waals surface area contributed by atoms with Crippen LogP contribution in [0.5, 0.6) is 5.75 Å². The standard InChI is InChI=1S/C35H42N4O8S/c1-20-28-31(41)39(35(2,3)33(42)37-10-13-45-14-11-37)34(43)38(32(28)48-29(20)30-36-9-12-46-30)19-27(25-7-5-6-8-26(25)44-4)47-24-17-21-15-23(40)16-22(21)18-24/h5-9,12,21-24,27,40H,10-11,13-19H2,1-4H3/t21-,22+,23?,24?,27?. The molecule has 4 aromatic rings. The summed E-state index contributed by atoms with van der Waals surface area (Å²) in [7, 11) is 1.60. The first-order valence-corrected chi connectivity index (χ1v) is 17.4. The van der Waals surface area contributed by atoms with Crippen LogP contribution in [-0.2, 0) is 26.4 Å². The number of methoxy groups -OCH3 is 1. The molecule has 3 aliphatic rings. The quantitative estimate of drug-likeness (QED) is 0.277. The van der Waals surface area contributed by atoms with Crippen molar-refractivity contribution in [3.63, 3.8) is 0 Å². The number of amides is 1. The molecular formula is C35H42N4O8S. The highest BCUT2D eigenvalue weighted by molar-refractivity contribution is 7.22. The number of aliphatic hydroxyl groups is 1. The van der Waals surface area contributed by atoms with Crippen LogP contribution in [-0.4, -0.2) is 75.7 Å². The van der Waals surface area contributed by atoms with E-state index in [2.05, 4.69) is 4.98 Å². The maximum Gasteiger partial charge on any atom is 0.333 e. The Bertz CT molecular complexity index is 1910. The highest BCUT2D eigenvalue weighted by Crippen LogP contribution is 2.47. The van der Waals surface area contributed by atoms with Gasteiger partial charge in [-0.3, -0.25) is 14.2 Å². The van der Waals surface area contributed by atoms with Gasteiger partial charge in [-0.15, -0.1) is 11.3 Å². The van der Waals surface area contributed by atoms with Gasteiger partial charge in [0.25, 0.3) is 5.56 Å². The average Bonchev–Trinajstić information content (AvgIpc) is 3.87. The molecule has 4 heterocycles. The monoisotopic (exact) mass is 678 g/mol. The fourth-order valence-electron chi connectivity index (χ4n) is 7.97. The Morgan fingerprint density at radius 1 is 1.12 bits per heavy atom. The minimum absolute atomic E-state index is 0.0667. The van der Waals surface area contributed by atoms with Crippen molar-refractivity contribution < 1.29 is 28.5 Å². The number of morpholine rings is 1. The number of carbonyl (C=O) groups excluding carboxylic acids is 1. The number of aryl methyl sites for hydroxylation is 1. The molecule has 1 saturated heterocycles. The zero-order valence-corrected chi connectivity index (χ0v) is 28.5. The van der Waals surface area contributed by atoms with Gasteiger partial charge in [-0.05, 0) is 69.9 Å². The number of thiophene rings is 1. The van der Waals surface area contributed by atoms with E-state index in [1.54, 1.807) is 30.4 Å². The number of carbonyl (C=O) groups is 1. The van der Waals surface area contributed by atoms with Crippen molar-refractivity contribution in [2.45, 2.75) is 76.9 Å². The molecule has 12 nitrogen and oxygen atoms in total. The number of aromatic nitrogens is 3. The van der Waals surface area contributed by atoms with E-state index in [0.29, 0.717) is 70.4 Å². The normalized spacial score (nSPS) is 23.5. The zero-order valence-electron chi connectivity index (χ0n) is 27.7. The predicted molar refractivity (Wildman–Crippen MR) is 179 cm³/mol. The molecule has 0 radical (unpaired) electrons. The van der Waals surface area contributed by atoms with Crippen LogP contribution >= 0.6 is 11.3 Å². The summed E-state index contributed by atoms with van der Waals surface area (Å²) in [6.45, 7) is 6.67. The molecule has 3 unspecified atom stereocenters. The molecule has 256 valence electrons. The number of hydrogen-bond donors (Lipinski definition) is 1. The summed E-state index contributed by atoms with van der Waals surface area (Å²) in [5.74, 6) is 1.44. The first kappa shape index (κ1) is 32.8. The fraction of sp³-hybridized carbons (Fsp3) is 0.543. The van der Waals surface area contributed by atoms with E-state index in [0.717, 1.165) is 35.8 Å². The van der Waals surface area contributed by atoms with Crippen LogP contribution in [0.1, 0.15) is 56.8 Å². The second kappa shape index (κ2) is 12.9. The third-order valence-electron chi connectivity index (χ3n) is 10.4. The molecule has 5 atom stereocenters. The number of rotatable bonds is 9. The van der Waals surface area contributed by atoms with Crippen molar-refractivity contribution in [2.24, 2.45) is 11.8 Å². The van der Waals surface area contributed by atoms with Crippen LogP contribution in [0, 0.1) is 18.8 Å². The van der Waals surface area contributed by atoms with E-state index in [-0.39, 0.29) is 24.7 Å². The number of benzene rings is 1. The molecular weight excluding hydrogens is 636 g/mol. The van der Waals surface area contributed by atoms with E-state index in [4.69, 9.17) is 18.6 Å². The van der Waals surface area contributed by atoms with E-state index < -0.39 is 22.9 Å². The van der Waals surface area contributed by atoms with Crippen LogP contribution in [0.15, 0.2) is 50.7 Å². The molecule has 2 aliphatic carbocycles. The van der Waals surface area contributed by atoms with Gasteiger partial charge in [-0.1, -0.05) is 18.2 Å². The van der Waals surface area contributed by atoms with Gasteiger partial charge in [0.2, 0.25) is 11.8 Å². The molecule has 3 fully saturated rings. The van der Waals surface area contributed by atoms with Gasteiger partial charge in [0.15, 0.2) is 0 Å². The molecule has 48 heavy (non-hydrogen) atoms. The second-order valence-electron chi connectivity index (χ2n) is 13.7. The first-order chi connectivity index (χ1) is 23.1. The summed E-state index contributed by atoms with van der Waals surface area (Å²) >= 11 is 1.26. The van der Waals surface area contributed by atoms with Gasteiger partial charge in [-0.2, -0.15) is 0 Å². The van der Waals surface area contributed by atoms with E-state index >= 15 is 0 Å². The Kier molecular flexibility index (Phi) is 8.82. The van der Waals surface area contributed by atoms with E-state index in [1.165, 1.54) is 23.8 Å². The number of para-hydroxylation sites is 1. The third kappa shape index (κ3) is 5.70. The van der Waals surface area contributed by atoms with Crippen molar-refractivity contribution in [2.75, 3.05) is 33.4 Å². The van der Waals surface area contributed by atoms with Crippen LogP contribution < -0.4 is 16.0 Å². The van der Waals surface area contributed by atoms with Crippen molar-refractivity contribution >= 4 is 27.5 Å². The highest BCUT2D eigenvalue weighted by atomic mass is 32.1. The number of aliphatic hydroxyl groups excluding tert-OH is 1. The topological polar surface area (TPSA) is 138 Å². The van der Waals surface area contributed by atoms with Gasteiger partial charge in [0.05, 0.1) is 55.5 Å². The molecule has 1 aliphatic heterocycles. The lowest BCUT2D eigenvalue weighted by atomic mass is 10.0. The highest BCUT2D eigenvalue weighted by Gasteiger charge is 2.43.